The maximum Gasteiger partial charge on any atom is 0.411 e. The molecule has 0 spiro atoms. The van der Waals surface area contributed by atoms with Crippen LogP contribution >= 0.6 is 35.3 Å². The van der Waals surface area contributed by atoms with Crippen LogP contribution in [-0.4, -0.2) is 38.4 Å². The number of hydrogen-bond donors (Lipinski definition) is 2. The molecule has 1 rings (SSSR count). The third-order valence-corrected chi connectivity index (χ3v) is 4.04. The first-order valence-corrected chi connectivity index (χ1v) is 8.50. The summed E-state index contributed by atoms with van der Waals surface area (Å²) < 4.78 is 40.3. The summed E-state index contributed by atoms with van der Waals surface area (Å²) in [5.41, 5.74) is 0. The fourth-order valence-electron chi connectivity index (χ4n) is 1.76. The highest BCUT2D eigenvalue weighted by atomic mass is 127. The fraction of sp³-hybridized carbons (Fsp3) is 0.667. The van der Waals surface area contributed by atoms with Crippen molar-refractivity contribution >= 4 is 41.3 Å². The van der Waals surface area contributed by atoms with Crippen molar-refractivity contribution in [2.45, 2.75) is 39.4 Å². The normalized spacial score (nSPS) is 12.0. The molecule has 0 saturated carbocycles. The molecular weight excluding hydrogens is 454 g/mol. The van der Waals surface area contributed by atoms with Gasteiger partial charge in [-0.1, -0.05) is 6.92 Å². The van der Waals surface area contributed by atoms with Crippen LogP contribution in [0.3, 0.4) is 0 Å². The molecule has 2 N–H and O–H groups in total. The third kappa shape index (κ3) is 11.1. The van der Waals surface area contributed by atoms with Gasteiger partial charge < -0.3 is 15.4 Å². The Morgan fingerprint density at radius 3 is 2.50 bits per heavy atom. The minimum Gasteiger partial charge on any atom is -0.372 e. The van der Waals surface area contributed by atoms with E-state index in [-0.39, 0.29) is 30.6 Å². The van der Waals surface area contributed by atoms with Gasteiger partial charge in [-0.15, -0.1) is 35.3 Å². The van der Waals surface area contributed by atoms with E-state index in [2.05, 4.69) is 39.4 Å². The summed E-state index contributed by atoms with van der Waals surface area (Å²) in [4.78, 5) is 6.99. The molecule has 0 unspecified atom stereocenters. The predicted octanol–water partition coefficient (Wildman–Crippen LogP) is 3.95. The quantitative estimate of drug-likeness (QED) is 0.244. The lowest BCUT2D eigenvalue weighted by atomic mass is 10.4. The Balaban J connectivity index is 0.00000529. The number of aliphatic imine (C=N–C) groups is 1. The van der Waals surface area contributed by atoms with Crippen LogP contribution in [0.4, 0.5) is 13.2 Å². The van der Waals surface area contributed by atoms with Gasteiger partial charge in [-0.25, -0.2) is 4.99 Å². The maximum atomic E-state index is 11.9. The highest BCUT2D eigenvalue weighted by molar-refractivity contribution is 14.0. The molecule has 1 aromatic rings. The molecule has 0 aromatic carbocycles. The number of rotatable bonds is 9. The van der Waals surface area contributed by atoms with Gasteiger partial charge in [-0.05, 0) is 31.9 Å². The van der Waals surface area contributed by atoms with E-state index in [1.807, 2.05) is 6.92 Å². The zero-order valence-electron chi connectivity index (χ0n) is 13.9. The Labute approximate surface area is 162 Å². The van der Waals surface area contributed by atoms with Crippen molar-refractivity contribution in [3.8, 4) is 0 Å². The zero-order chi connectivity index (χ0) is 17.1. The lowest BCUT2D eigenvalue weighted by Gasteiger charge is -2.11. The van der Waals surface area contributed by atoms with E-state index in [9.17, 15) is 13.2 Å². The molecule has 0 aliphatic heterocycles. The van der Waals surface area contributed by atoms with Crippen LogP contribution in [0.5, 0.6) is 0 Å². The van der Waals surface area contributed by atoms with E-state index in [0.29, 0.717) is 25.5 Å². The minimum atomic E-state index is -4.26. The number of hydrogen-bond acceptors (Lipinski definition) is 3. The second-order valence-electron chi connectivity index (χ2n) is 4.86. The molecule has 9 heteroatoms. The van der Waals surface area contributed by atoms with Gasteiger partial charge in [-0.2, -0.15) is 13.2 Å². The number of ether oxygens (including phenoxy) is 1. The van der Waals surface area contributed by atoms with Crippen LogP contribution in [0.2, 0.25) is 0 Å². The highest BCUT2D eigenvalue weighted by Crippen LogP contribution is 2.17. The summed E-state index contributed by atoms with van der Waals surface area (Å²) in [6.45, 7) is 4.77. The molecule has 0 aliphatic carbocycles. The molecule has 0 atom stereocenters. The topological polar surface area (TPSA) is 45.7 Å². The SMILES string of the molecule is CCNC(=NCc1ccc(CC)s1)NCCCOCC(F)(F)F.I. The van der Waals surface area contributed by atoms with Crippen molar-refractivity contribution in [1.29, 1.82) is 0 Å². The van der Waals surface area contributed by atoms with Crippen molar-refractivity contribution in [3.05, 3.63) is 21.9 Å². The lowest BCUT2D eigenvalue weighted by Crippen LogP contribution is -2.38. The van der Waals surface area contributed by atoms with Gasteiger partial charge in [0, 0.05) is 29.5 Å². The fourth-order valence-corrected chi connectivity index (χ4v) is 2.65. The lowest BCUT2D eigenvalue weighted by molar-refractivity contribution is -0.173. The van der Waals surface area contributed by atoms with Crippen molar-refractivity contribution < 1.29 is 17.9 Å². The Morgan fingerprint density at radius 1 is 1.21 bits per heavy atom. The number of alkyl halides is 3. The van der Waals surface area contributed by atoms with E-state index < -0.39 is 12.8 Å². The molecule has 1 aromatic heterocycles. The molecule has 0 fully saturated rings. The van der Waals surface area contributed by atoms with Crippen LogP contribution in [0.25, 0.3) is 0 Å². The van der Waals surface area contributed by atoms with Gasteiger partial charge in [0.25, 0.3) is 0 Å². The molecule has 0 aliphatic rings. The van der Waals surface area contributed by atoms with Crippen LogP contribution < -0.4 is 10.6 Å². The zero-order valence-corrected chi connectivity index (χ0v) is 17.1. The largest absolute Gasteiger partial charge is 0.411 e. The summed E-state index contributed by atoms with van der Waals surface area (Å²) in [6.07, 6.45) is -2.76. The number of nitrogens with zero attached hydrogens (tertiary/aromatic N) is 1. The van der Waals surface area contributed by atoms with Crippen molar-refractivity contribution in [1.82, 2.24) is 10.6 Å². The standard InChI is InChI=1S/C15H24F3N3OS.HI/c1-3-12-6-7-13(23-12)10-21-14(19-4-2)20-8-5-9-22-11-15(16,17)18;/h6-7H,3-5,8-11H2,1-2H3,(H2,19,20,21);1H. The van der Waals surface area contributed by atoms with Crippen LogP contribution in [-0.2, 0) is 17.7 Å². The number of nitrogens with one attached hydrogen (secondary N) is 2. The summed E-state index contributed by atoms with van der Waals surface area (Å²) in [6, 6.07) is 4.18. The Hall–Kier alpha value is -0.550. The first-order chi connectivity index (χ1) is 10.9. The highest BCUT2D eigenvalue weighted by Gasteiger charge is 2.27. The Morgan fingerprint density at radius 2 is 1.92 bits per heavy atom. The summed E-state index contributed by atoms with van der Waals surface area (Å²) in [5, 5.41) is 6.20. The predicted molar refractivity (Wildman–Crippen MR) is 103 cm³/mol. The van der Waals surface area contributed by atoms with Crippen LogP contribution in [0.1, 0.15) is 30.0 Å². The van der Waals surface area contributed by atoms with Gasteiger partial charge in [0.05, 0.1) is 6.54 Å². The third-order valence-electron chi connectivity index (χ3n) is 2.83. The average Bonchev–Trinajstić information content (AvgIpc) is 2.95. The number of halogens is 4. The Bertz CT molecular complexity index is 481. The second kappa shape index (κ2) is 12.8. The van der Waals surface area contributed by atoms with E-state index in [0.717, 1.165) is 13.0 Å². The Kier molecular flexibility index (Phi) is 12.5. The van der Waals surface area contributed by atoms with Gasteiger partial charge in [-0.3, -0.25) is 0 Å². The summed E-state index contributed by atoms with van der Waals surface area (Å²) in [7, 11) is 0. The van der Waals surface area contributed by atoms with Crippen molar-refractivity contribution in [3.63, 3.8) is 0 Å². The van der Waals surface area contributed by atoms with Gasteiger partial charge in [0.2, 0.25) is 0 Å². The monoisotopic (exact) mass is 479 g/mol. The first-order valence-electron chi connectivity index (χ1n) is 7.69. The van der Waals surface area contributed by atoms with E-state index in [1.54, 1.807) is 11.3 Å². The smallest absolute Gasteiger partial charge is 0.372 e. The van der Waals surface area contributed by atoms with Crippen molar-refractivity contribution in [2.75, 3.05) is 26.3 Å². The second-order valence-corrected chi connectivity index (χ2v) is 6.12. The van der Waals surface area contributed by atoms with Crippen LogP contribution in [0.15, 0.2) is 17.1 Å². The molecular formula is C15H25F3IN3OS. The number of thiophene rings is 1. The molecule has 4 nitrogen and oxygen atoms in total. The van der Waals surface area contributed by atoms with Crippen LogP contribution in [0, 0.1) is 0 Å². The molecule has 0 bridgehead atoms. The van der Waals surface area contributed by atoms with Gasteiger partial charge in [0.15, 0.2) is 5.96 Å². The number of aryl methyl sites for hydroxylation is 1. The number of guanidine groups is 1. The van der Waals surface area contributed by atoms with Gasteiger partial charge >= 0.3 is 6.18 Å². The molecule has 0 amide bonds. The van der Waals surface area contributed by atoms with E-state index >= 15 is 0 Å². The summed E-state index contributed by atoms with van der Waals surface area (Å²) >= 11 is 1.74. The summed E-state index contributed by atoms with van der Waals surface area (Å²) in [5.74, 6) is 0.662. The van der Waals surface area contributed by atoms with E-state index in [1.165, 1.54) is 9.75 Å². The van der Waals surface area contributed by atoms with E-state index in [4.69, 9.17) is 0 Å². The maximum absolute atomic E-state index is 11.9. The van der Waals surface area contributed by atoms with Gasteiger partial charge in [0.1, 0.15) is 6.61 Å². The molecule has 140 valence electrons. The molecule has 0 radical (unpaired) electrons. The molecule has 1 heterocycles. The molecule has 24 heavy (non-hydrogen) atoms. The first kappa shape index (κ1) is 23.4. The average molecular weight is 479 g/mol. The van der Waals surface area contributed by atoms with Crippen molar-refractivity contribution in [2.24, 2.45) is 4.99 Å². The minimum absolute atomic E-state index is 0. The molecule has 0 saturated heterocycles.